The van der Waals surface area contributed by atoms with E-state index < -0.39 is 5.82 Å². The lowest BCUT2D eigenvalue weighted by Gasteiger charge is -2.11. The Labute approximate surface area is 167 Å². The number of ether oxygens (including phenoxy) is 1. The van der Waals surface area contributed by atoms with E-state index in [0.29, 0.717) is 23.5 Å². The number of rotatable bonds is 7. The van der Waals surface area contributed by atoms with Gasteiger partial charge in [-0.25, -0.2) is 4.39 Å². The molecule has 3 rings (SSSR count). The number of amides is 2. The molecule has 1 aliphatic heterocycles. The van der Waals surface area contributed by atoms with Crippen molar-refractivity contribution in [3.05, 3.63) is 58.9 Å². The molecule has 148 valence electrons. The first kappa shape index (κ1) is 20.1. The summed E-state index contributed by atoms with van der Waals surface area (Å²) in [5.41, 5.74) is 1.62. The highest BCUT2D eigenvalue weighted by atomic mass is 35.5. The van der Waals surface area contributed by atoms with Crippen LogP contribution in [0.5, 0.6) is 0 Å². The number of hydrogen-bond acceptors (Lipinski definition) is 4. The Morgan fingerprint density at radius 1 is 1.14 bits per heavy atom. The van der Waals surface area contributed by atoms with Crippen LogP contribution in [0.15, 0.2) is 42.5 Å². The fraction of sp³-hybridized carbons (Fsp3) is 0.300. The van der Waals surface area contributed by atoms with E-state index in [9.17, 15) is 14.0 Å². The zero-order chi connectivity index (χ0) is 19.9. The molecule has 3 N–H and O–H groups in total. The van der Waals surface area contributed by atoms with Crippen molar-refractivity contribution in [1.82, 2.24) is 5.32 Å². The highest BCUT2D eigenvalue weighted by Crippen LogP contribution is 2.19. The van der Waals surface area contributed by atoms with Crippen LogP contribution >= 0.6 is 11.6 Å². The van der Waals surface area contributed by atoms with Gasteiger partial charge in [-0.05, 0) is 55.3 Å². The quantitative estimate of drug-likeness (QED) is 0.659. The molecule has 8 heteroatoms. The van der Waals surface area contributed by atoms with Gasteiger partial charge in [0, 0.05) is 30.1 Å². The highest BCUT2D eigenvalue weighted by molar-refractivity contribution is 6.31. The van der Waals surface area contributed by atoms with Crippen molar-refractivity contribution in [1.29, 1.82) is 0 Å². The smallest absolute Gasteiger partial charge is 0.251 e. The topological polar surface area (TPSA) is 79.5 Å². The number of benzene rings is 2. The van der Waals surface area contributed by atoms with Crippen LogP contribution in [0.1, 0.15) is 23.2 Å². The molecule has 1 aliphatic rings. The molecule has 6 nitrogen and oxygen atoms in total. The molecule has 1 heterocycles. The lowest BCUT2D eigenvalue weighted by Crippen LogP contribution is -2.31. The van der Waals surface area contributed by atoms with Crippen LogP contribution in [0, 0.1) is 5.82 Å². The molecule has 0 saturated carbocycles. The summed E-state index contributed by atoms with van der Waals surface area (Å²) in [7, 11) is 0. The molecule has 1 fully saturated rings. The Bertz CT molecular complexity index is 839. The third-order valence-corrected chi connectivity index (χ3v) is 4.61. The SMILES string of the molecule is O=C(CNc1ccc(F)c(Cl)c1)Nc1ccc(C(=O)NCC2CCCO2)cc1. The van der Waals surface area contributed by atoms with Gasteiger partial charge in [-0.2, -0.15) is 0 Å². The summed E-state index contributed by atoms with van der Waals surface area (Å²) in [5, 5.41) is 8.42. The number of anilines is 2. The van der Waals surface area contributed by atoms with E-state index in [1.165, 1.54) is 18.2 Å². The first-order valence-corrected chi connectivity index (χ1v) is 9.38. The predicted molar refractivity (Wildman–Crippen MR) is 106 cm³/mol. The first-order valence-electron chi connectivity index (χ1n) is 9.00. The monoisotopic (exact) mass is 405 g/mol. The van der Waals surface area contributed by atoms with Crippen molar-refractivity contribution in [2.45, 2.75) is 18.9 Å². The molecular formula is C20H21ClFN3O3. The van der Waals surface area contributed by atoms with Crippen molar-refractivity contribution in [2.24, 2.45) is 0 Å². The van der Waals surface area contributed by atoms with Crippen LogP contribution in [0.2, 0.25) is 5.02 Å². The molecule has 0 aliphatic carbocycles. The molecule has 2 aromatic rings. The highest BCUT2D eigenvalue weighted by Gasteiger charge is 2.16. The van der Waals surface area contributed by atoms with E-state index in [-0.39, 0.29) is 29.5 Å². The molecule has 1 saturated heterocycles. The first-order chi connectivity index (χ1) is 13.5. The van der Waals surface area contributed by atoms with E-state index >= 15 is 0 Å². The average Bonchev–Trinajstić information content (AvgIpc) is 3.21. The zero-order valence-corrected chi connectivity index (χ0v) is 15.9. The molecule has 2 aromatic carbocycles. The van der Waals surface area contributed by atoms with Gasteiger partial charge in [-0.3, -0.25) is 9.59 Å². The maximum absolute atomic E-state index is 13.1. The van der Waals surface area contributed by atoms with Gasteiger partial charge in [0.15, 0.2) is 0 Å². The summed E-state index contributed by atoms with van der Waals surface area (Å²) in [5.74, 6) is -0.976. The van der Waals surface area contributed by atoms with Crippen LogP contribution in [0.4, 0.5) is 15.8 Å². The summed E-state index contributed by atoms with van der Waals surface area (Å²) < 4.78 is 18.6. The van der Waals surface area contributed by atoms with Crippen LogP contribution < -0.4 is 16.0 Å². The normalized spacial score (nSPS) is 15.9. The average molecular weight is 406 g/mol. The molecule has 0 radical (unpaired) electrons. The van der Waals surface area contributed by atoms with Crippen LogP contribution in [0.3, 0.4) is 0 Å². The maximum Gasteiger partial charge on any atom is 0.251 e. The van der Waals surface area contributed by atoms with Crippen LogP contribution in [-0.2, 0) is 9.53 Å². The Hall–Kier alpha value is -2.64. The molecule has 1 unspecified atom stereocenters. The van der Waals surface area contributed by atoms with E-state index in [0.717, 1.165) is 19.4 Å². The third kappa shape index (κ3) is 5.68. The second-order valence-electron chi connectivity index (χ2n) is 6.45. The van der Waals surface area contributed by atoms with Crippen molar-refractivity contribution >= 4 is 34.8 Å². The zero-order valence-electron chi connectivity index (χ0n) is 15.1. The summed E-state index contributed by atoms with van der Waals surface area (Å²) in [6.07, 6.45) is 2.08. The Morgan fingerprint density at radius 3 is 2.57 bits per heavy atom. The Kier molecular flexibility index (Phi) is 6.84. The van der Waals surface area contributed by atoms with Gasteiger partial charge < -0.3 is 20.7 Å². The van der Waals surface area contributed by atoms with Crippen molar-refractivity contribution in [3.8, 4) is 0 Å². The number of nitrogens with one attached hydrogen (secondary N) is 3. The van der Waals surface area contributed by atoms with Gasteiger partial charge in [-0.15, -0.1) is 0 Å². The standard InChI is InChI=1S/C20H21ClFN3O3/c21-17-10-15(7-8-18(17)22)23-12-19(26)25-14-5-3-13(4-6-14)20(27)24-11-16-2-1-9-28-16/h3-8,10,16,23H,1-2,9,11-12H2,(H,24,27)(H,25,26). The second kappa shape index (κ2) is 9.52. The Balaban J connectivity index is 1.45. The minimum absolute atomic E-state index is 0.00835. The van der Waals surface area contributed by atoms with Crippen molar-refractivity contribution in [3.63, 3.8) is 0 Å². The molecule has 1 atom stereocenters. The second-order valence-corrected chi connectivity index (χ2v) is 6.86. The van der Waals surface area contributed by atoms with Crippen LogP contribution in [-0.4, -0.2) is 37.6 Å². The minimum atomic E-state index is -0.517. The van der Waals surface area contributed by atoms with Gasteiger partial charge in [0.05, 0.1) is 17.7 Å². The molecule has 0 spiro atoms. The molecule has 0 aromatic heterocycles. The van der Waals surface area contributed by atoms with Crippen molar-refractivity contribution < 1.29 is 18.7 Å². The lowest BCUT2D eigenvalue weighted by atomic mass is 10.2. The molecular weight excluding hydrogens is 385 g/mol. The fourth-order valence-corrected chi connectivity index (χ4v) is 2.99. The summed E-state index contributed by atoms with van der Waals surface area (Å²) in [6, 6.07) is 10.8. The summed E-state index contributed by atoms with van der Waals surface area (Å²) in [4.78, 5) is 24.2. The number of halogens is 2. The number of carbonyl (C=O) groups is 2. The molecule has 2 amide bonds. The van der Waals surface area contributed by atoms with E-state index in [2.05, 4.69) is 16.0 Å². The van der Waals surface area contributed by atoms with Gasteiger partial charge in [0.2, 0.25) is 5.91 Å². The maximum atomic E-state index is 13.1. The van der Waals surface area contributed by atoms with Crippen molar-refractivity contribution in [2.75, 3.05) is 30.3 Å². The van der Waals surface area contributed by atoms with Gasteiger partial charge in [0.1, 0.15) is 5.82 Å². The Morgan fingerprint density at radius 2 is 1.89 bits per heavy atom. The number of carbonyl (C=O) groups excluding carboxylic acids is 2. The van der Waals surface area contributed by atoms with E-state index in [1.54, 1.807) is 24.3 Å². The summed E-state index contributed by atoms with van der Waals surface area (Å²) in [6.45, 7) is 1.24. The minimum Gasteiger partial charge on any atom is -0.376 e. The fourth-order valence-electron chi connectivity index (χ4n) is 2.81. The largest absolute Gasteiger partial charge is 0.376 e. The lowest BCUT2D eigenvalue weighted by molar-refractivity contribution is -0.114. The molecule has 0 bridgehead atoms. The molecule has 28 heavy (non-hydrogen) atoms. The number of hydrogen-bond donors (Lipinski definition) is 3. The van der Waals surface area contributed by atoms with Gasteiger partial charge in [-0.1, -0.05) is 11.6 Å². The van der Waals surface area contributed by atoms with E-state index in [1.807, 2.05) is 0 Å². The summed E-state index contributed by atoms with van der Waals surface area (Å²) >= 11 is 5.70. The van der Waals surface area contributed by atoms with E-state index in [4.69, 9.17) is 16.3 Å². The third-order valence-electron chi connectivity index (χ3n) is 4.32. The van der Waals surface area contributed by atoms with Gasteiger partial charge in [0.25, 0.3) is 5.91 Å². The predicted octanol–water partition coefficient (Wildman–Crippen LogP) is 3.44. The van der Waals surface area contributed by atoms with Gasteiger partial charge >= 0.3 is 0 Å². The van der Waals surface area contributed by atoms with Crippen LogP contribution in [0.25, 0.3) is 0 Å².